The summed E-state index contributed by atoms with van der Waals surface area (Å²) in [6.07, 6.45) is -3.85. The van der Waals surface area contributed by atoms with Crippen molar-refractivity contribution in [1.82, 2.24) is 0 Å². The summed E-state index contributed by atoms with van der Waals surface area (Å²) in [6, 6.07) is 0. The molecule has 20 atom stereocenters. The summed E-state index contributed by atoms with van der Waals surface area (Å²) < 4.78 is 35.4. The standard InChI is InChI=1S/C39H68O13/c1-19(2)26(50-36-33(30(44)27(17-40)51-36)52-35-32(48-7)31(45)28(47-6)18-49-35)9-8-20(3)22-15-24(42)34-38(22,5)13-11-29-37(4)12-10-21(41)14-23(37)25(43)16-39(29,34)46/h19-36,40-46H,8-18H2,1-7H3/t20-,21+,22-,23-,24-,25-,26+,27+,28-,29-,30+,31+,32-,33-,34-,35+,36-,37+,38-,39+/m1/s1. The quantitative estimate of drug-likeness (QED) is 0.153. The summed E-state index contributed by atoms with van der Waals surface area (Å²) >= 11 is 0. The molecule has 2 saturated heterocycles. The molecule has 0 aromatic heterocycles. The van der Waals surface area contributed by atoms with E-state index >= 15 is 0 Å². The van der Waals surface area contributed by atoms with Crippen molar-refractivity contribution >= 4 is 0 Å². The number of aliphatic hydroxyl groups excluding tert-OH is 6. The first kappa shape index (κ1) is 41.1. The third-order valence-corrected chi connectivity index (χ3v) is 15.1. The van der Waals surface area contributed by atoms with Crippen molar-refractivity contribution in [2.24, 2.45) is 46.3 Å². The third-order valence-electron chi connectivity index (χ3n) is 15.1. The van der Waals surface area contributed by atoms with E-state index < -0.39 is 79.7 Å². The van der Waals surface area contributed by atoms with Gasteiger partial charge in [0.15, 0.2) is 12.6 Å². The van der Waals surface area contributed by atoms with Crippen LogP contribution in [0.1, 0.15) is 92.4 Å². The SMILES string of the molecule is CO[C@H]1[C@H](O[C@H]2[C@H](O[C@@H](CC[C@@H](C)[C@H]3C[C@@H](O)[C@@H]4[C@]3(C)CC[C@@H]3[C@@]5(C)CC[C@H](O)C[C@@H]5[C@H](O)C[C@]34O)C(C)C)O[C@@H](CO)[C@@H]2O)OC[C@@H](OC)[C@@H]1O. The van der Waals surface area contributed by atoms with Crippen LogP contribution in [0.3, 0.4) is 0 Å². The normalized spacial score (nSPS) is 51.9. The Morgan fingerprint density at radius 1 is 0.827 bits per heavy atom. The van der Waals surface area contributed by atoms with E-state index in [9.17, 15) is 35.7 Å². The molecule has 6 fully saturated rings. The zero-order chi connectivity index (χ0) is 37.9. The van der Waals surface area contributed by atoms with E-state index in [1.54, 1.807) is 0 Å². The van der Waals surface area contributed by atoms with E-state index in [0.29, 0.717) is 25.7 Å². The molecule has 4 saturated carbocycles. The van der Waals surface area contributed by atoms with Crippen LogP contribution in [0.4, 0.5) is 0 Å². The topological polar surface area (TPSA) is 197 Å². The molecule has 0 unspecified atom stereocenters. The second-order valence-electron chi connectivity index (χ2n) is 18.2. The fourth-order valence-electron chi connectivity index (χ4n) is 12.4. The fraction of sp³-hybridized carbons (Fsp3) is 1.00. The van der Waals surface area contributed by atoms with Gasteiger partial charge in [-0.05, 0) is 91.8 Å². The van der Waals surface area contributed by atoms with Gasteiger partial charge in [-0.1, -0.05) is 34.6 Å². The minimum absolute atomic E-state index is 0.0380. The number of hydrogen-bond acceptors (Lipinski definition) is 13. The van der Waals surface area contributed by atoms with Gasteiger partial charge in [0, 0.05) is 26.6 Å². The van der Waals surface area contributed by atoms with Crippen LogP contribution in [0, 0.1) is 46.3 Å². The van der Waals surface area contributed by atoms with Crippen molar-refractivity contribution in [1.29, 1.82) is 0 Å². The van der Waals surface area contributed by atoms with E-state index in [2.05, 4.69) is 34.6 Å². The van der Waals surface area contributed by atoms with Crippen molar-refractivity contribution in [3.8, 4) is 0 Å². The molecule has 0 amide bonds. The Labute approximate surface area is 309 Å². The summed E-state index contributed by atoms with van der Waals surface area (Å²) in [5.41, 5.74) is -1.78. The van der Waals surface area contributed by atoms with Gasteiger partial charge in [0.25, 0.3) is 0 Å². The third kappa shape index (κ3) is 7.05. The smallest absolute Gasteiger partial charge is 0.187 e. The number of methoxy groups -OCH3 is 2. The number of hydrogen-bond donors (Lipinski definition) is 7. The van der Waals surface area contributed by atoms with Gasteiger partial charge in [-0.2, -0.15) is 0 Å². The van der Waals surface area contributed by atoms with Crippen molar-refractivity contribution < 1.29 is 64.2 Å². The molecule has 13 nitrogen and oxygen atoms in total. The van der Waals surface area contributed by atoms with Gasteiger partial charge in [-0.15, -0.1) is 0 Å². The highest BCUT2D eigenvalue weighted by Gasteiger charge is 2.70. The average molecular weight is 745 g/mol. The Morgan fingerprint density at radius 3 is 2.19 bits per heavy atom. The first-order chi connectivity index (χ1) is 24.5. The average Bonchev–Trinajstić information content (AvgIpc) is 3.55. The molecule has 0 aromatic rings. The lowest BCUT2D eigenvalue weighted by Gasteiger charge is -2.66. The van der Waals surface area contributed by atoms with Gasteiger partial charge >= 0.3 is 0 Å². The Kier molecular flexibility index (Phi) is 12.5. The van der Waals surface area contributed by atoms with Crippen molar-refractivity contribution in [3.63, 3.8) is 0 Å². The van der Waals surface area contributed by atoms with Gasteiger partial charge < -0.3 is 64.2 Å². The predicted molar refractivity (Wildman–Crippen MR) is 188 cm³/mol. The van der Waals surface area contributed by atoms with Gasteiger partial charge in [0.2, 0.25) is 0 Å². The van der Waals surface area contributed by atoms with Gasteiger partial charge in [0.05, 0.1) is 43.2 Å². The molecule has 0 radical (unpaired) electrons. The van der Waals surface area contributed by atoms with E-state index in [1.165, 1.54) is 14.2 Å². The Balaban J connectivity index is 1.13. The molecule has 302 valence electrons. The Morgan fingerprint density at radius 2 is 1.54 bits per heavy atom. The number of aliphatic hydroxyl groups is 7. The molecule has 0 spiro atoms. The van der Waals surface area contributed by atoms with Crippen LogP contribution in [-0.4, -0.2) is 142 Å². The maximum absolute atomic E-state index is 12.7. The number of ether oxygens (including phenoxy) is 6. The molecule has 52 heavy (non-hydrogen) atoms. The second kappa shape index (κ2) is 15.8. The minimum Gasteiger partial charge on any atom is -0.394 e. The van der Waals surface area contributed by atoms with E-state index in [4.69, 9.17) is 28.4 Å². The van der Waals surface area contributed by atoms with E-state index in [-0.39, 0.29) is 65.5 Å². The fourth-order valence-corrected chi connectivity index (χ4v) is 12.4. The largest absolute Gasteiger partial charge is 0.394 e. The van der Waals surface area contributed by atoms with Gasteiger partial charge in [-0.3, -0.25) is 0 Å². The first-order valence-electron chi connectivity index (χ1n) is 19.9. The van der Waals surface area contributed by atoms with E-state index in [1.807, 2.05) is 0 Å². The molecular weight excluding hydrogens is 676 g/mol. The van der Waals surface area contributed by atoms with E-state index in [0.717, 1.165) is 25.7 Å². The molecule has 2 aliphatic heterocycles. The van der Waals surface area contributed by atoms with Crippen LogP contribution in [0.5, 0.6) is 0 Å². The molecule has 4 aliphatic carbocycles. The monoisotopic (exact) mass is 744 g/mol. The highest BCUT2D eigenvalue weighted by Crippen LogP contribution is 2.69. The highest BCUT2D eigenvalue weighted by atomic mass is 16.8. The zero-order valence-corrected chi connectivity index (χ0v) is 32.3. The molecule has 6 aliphatic rings. The minimum atomic E-state index is -1.22. The first-order valence-corrected chi connectivity index (χ1v) is 19.9. The Bertz CT molecular complexity index is 1190. The Hall–Kier alpha value is -0.520. The van der Waals surface area contributed by atoms with Crippen molar-refractivity contribution in [2.75, 3.05) is 27.4 Å². The van der Waals surface area contributed by atoms with Crippen LogP contribution >= 0.6 is 0 Å². The molecule has 0 bridgehead atoms. The lowest BCUT2D eigenvalue weighted by atomic mass is 9.42. The van der Waals surface area contributed by atoms with Gasteiger partial charge in [-0.25, -0.2) is 0 Å². The van der Waals surface area contributed by atoms with Crippen molar-refractivity contribution in [3.05, 3.63) is 0 Å². The molecule has 6 rings (SSSR count). The molecule has 7 N–H and O–H groups in total. The summed E-state index contributed by atoms with van der Waals surface area (Å²) in [6.45, 7) is 10.4. The van der Waals surface area contributed by atoms with Crippen LogP contribution in [0.25, 0.3) is 0 Å². The lowest BCUT2D eigenvalue weighted by molar-refractivity contribution is -0.313. The molecule has 13 heteroatoms. The summed E-state index contributed by atoms with van der Waals surface area (Å²) in [4.78, 5) is 0. The molecular formula is C39H68O13. The van der Waals surface area contributed by atoms with Crippen molar-refractivity contribution in [2.45, 2.75) is 172 Å². The molecule has 2 heterocycles. The van der Waals surface area contributed by atoms with Crippen LogP contribution in [-0.2, 0) is 28.4 Å². The maximum atomic E-state index is 12.7. The maximum Gasteiger partial charge on any atom is 0.187 e. The number of fused-ring (bicyclic) bond motifs is 5. The summed E-state index contributed by atoms with van der Waals surface area (Å²) in [5.74, 6) is -0.0251. The zero-order valence-electron chi connectivity index (χ0n) is 32.3. The highest BCUT2D eigenvalue weighted by molar-refractivity contribution is 5.20. The van der Waals surface area contributed by atoms with Crippen LogP contribution < -0.4 is 0 Å². The lowest BCUT2D eigenvalue weighted by Crippen LogP contribution is -2.68. The molecule has 0 aromatic carbocycles. The van der Waals surface area contributed by atoms with Gasteiger partial charge in [0.1, 0.15) is 36.6 Å². The van der Waals surface area contributed by atoms with Crippen LogP contribution in [0.15, 0.2) is 0 Å². The second-order valence-corrected chi connectivity index (χ2v) is 18.2. The summed E-state index contributed by atoms with van der Waals surface area (Å²) in [5, 5.41) is 78.2. The predicted octanol–water partition coefficient (Wildman–Crippen LogP) is 1.73. The summed E-state index contributed by atoms with van der Waals surface area (Å²) in [7, 11) is 2.91. The van der Waals surface area contributed by atoms with Crippen LogP contribution in [0.2, 0.25) is 0 Å². The number of rotatable bonds is 12.